The van der Waals surface area contributed by atoms with Crippen molar-refractivity contribution in [2.24, 2.45) is 0 Å². The monoisotopic (exact) mass is 271 g/mol. The van der Waals surface area contributed by atoms with Gasteiger partial charge in [0.05, 0.1) is 6.61 Å². The van der Waals surface area contributed by atoms with Gasteiger partial charge in [-0.15, -0.1) is 11.8 Å². The van der Waals surface area contributed by atoms with E-state index in [2.05, 4.69) is 19.2 Å². The van der Waals surface area contributed by atoms with Crippen molar-refractivity contribution in [2.75, 3.05) is 25.5 Å². The Morgan fingerprint density at radius 2 is 2.11 bits per heavy atom. The molecule has 18 heavy (non-hydrogen) atoms. The third-order valence-corrected chi connectivity index (χ3v) is 3.65. The largest absolute Gasteiger partial charge is 0.380 e. The molecular weight excluding hydrogens is 249 g/mol. The van der Waals surface area contributed by atoms with Crippen LogP contribution < -0.4 is 5.32 Å². The van der Waals surface area contributed by atoms with Gasteiger partial charge in [0.1, 0.15) is 5.82 Å². The maximum atomic E-state index is 13.5. The van der Waals surface area contributed by atoms with Crippen LogP contribution in [-0.2, 0) is 4.74 Å². The number of benzene rings is 1. The number of hydrogen-bond donors (Lipinski definition) is 1. The number of hydrogen-bond acceptors (Lipinski definition) is 3. The van der Waals surface area contributed by atoms with E-state index in [4.69, 9.17) is 4.74 Å². The van der Waals surface area contributed by atoms with E-state index in [1.54, 1.807) is 6.07 Å². The van der Waals surface area contributed by atoms with E-state index in [1.807, 2.05) is 12.1 Å². The number of ether oxygens (including phenoxy) is 1. The van der Waals surface area contributed by atoms with Gasteiger partial charge in [0.25, 0.3) is 0 Å². The molecule has 0 aliphatic rings. The first kappa shape index (κ1) is 15.5. The molecule has 0 aliphatic heterocycles. The van der Waals surface area contributed by atoms with E-state index in [9.17, 15) is 4.39 Å². The average Bonchev–Trinajstić information content (AvgIpc) is 2.38. The molecule has 0 aliphatic carbocycles. The Morgan fingerprint density at radius 3 is 2.78 bits per heavy atom. The van der Waals surface area contributed by atoms with Crippen molar-refractivity contribution >= 4 is 11.8 Å². The van der Waals surface area contributed by atoms with E-state index >= 15 is 0 Å². The highest BCUT2D eigenvalue weighted by Crippen LogP contribution is 2.21. The third kappa shape index (κ3) is 5.85. The molecule has 1 N–H and O–H groups in total. The van der Waals surface area contributed by atoms with E-state index in [0.29, 0.717) is 11.5 Å². The zero-order valence-corrected chi connectivity index (χ0v) is 11.9. The summed E-state index contributed by atoms with van der Waals surface area (Å²) in [5.41, 5.74) is 0. The molecule has 4 heteroatoms. The summed E-state index contributed by atoms with van der Waals surface area (Å²) in [7, 11) is 0. The molecule has 1 atom stereocenters. The molecule has 0 heterocycles. The summed E-state index contributed by atoms with van der Waals surface area (Å²) in [4.78, 5) is 0.705. The minimum atomic E-state index is -0.146. The molecule has 0 spiro atoms. The molecule has 0 saturated carbocycles. The lowest BCUT2D eigenvalue weighted by Gasteiger charge is -2.17. The molecule has 0 fully saturated rings. The molecule has 0 aromatic heterocycles. The third-order valence-electron chi connectivity index (χ3n) is 2.44. The number of halogens is 1. The number of thioether (sulfide) groups is 1. The van der Waals surface area contributed by atoms with Crippen molar-refractivity contribution in [2.45, 2.75) is 31.2 Å². The summed E-state index contributed by atoms with van der Waals surface area (Å²) < 4.78 is 19.0. The highest BCUT2D eigenvalue weighted by Gasteiger charge is 2.09. The number of rotatable bonds is 9. The molecule has 102 valence electrons. The van der Waals surface area contributed by atoms with Gasteiger partial charge in [-0.1, -0.05) is 26.0 Å². The Balaban J connectivity index is 2.39. The standard InChI is InChI=1S/C14H22FNOS/c1-3-9-17-10-12(16-4-2)11-18-14-8-6-5-7-13(14)15/h5-8,12,16H,3-4,9-11H2,1-2H3. The van der Waals surface area contributed by atoms with Crippen molar-refractivity contribution < 1.29 is 9.13 Å². The Morgan fingerprint density at radius 1 is 1.33 bits per heavy atom. The van der Waals surface area contributed by atoms with Gasteiger partial charge in [0.2, 0.25) is 0 Å². The second-order valence-electron chi connectivity index (χ2n) is 4.07. The second-order valence-corrected chi connectivity index (χ2v) is 5.13. The molecule has 0 radical (unpaired) electrons. The normalized spacial score (nSPS) is 12.6. The predicted molar refractivity (Wildman–Crippen MR) is 75.7 cm³/mol. The van der Waals surface area contributed by atoms with Crippen molar-refractivity contribution in [3.05, 3.63) is 30.1 Å². The summed E-state index contributed by atoms with van der Waals surface area (Å²) in [6.45, 7) is 6.53. The van der Waals surface area contributed by atoms with Crippen LogP contribution in [0.3, 0.4) is 0 Å². The topological polar surface area (TPSA) is 21.3 Å². The van der Waals surface area contributed by atoms with Gasteiger partial charge in [0, 0.05) is 23.3 Å². The molecule has 1 rings (SSSR count). The highest BCUT2D eigenvalue weighted by atomic mass is 32.2. The number of likely N-dealkylation sites (N-methyl/N-ethyl adjacent to an activating group) is 1. The maximum absolute atomic E-state index is 13.5. The maximum Gasteiger partial charge on any atom is 0.136 e. The van der Waals surface area contributed by atoms with Gasteiger partial charge in [-0.25, -0.2) is 4.39 Å². The Kier molecular flexibility index (Phi) is 8.05. The lowest BCUT2D eigenvalue weighted by atomic mass is 10.3. The minimum Gasteiger partial charge on any atom is -0.380 e. The predicted octanol–water partition coefficient (Wildman–Crippen LogP) is 3.32. The van der Waals surface area contributed by atoms with Crippen LogP contribution in [0.4, 0.5) is 4.39 Å². The molecule has 0 bridgehead atoms. The van der Waals surface area contributed by atoms with E-state index < -0.39 is 0 Å². The fourth-order valence-corrected chi connectivity index (χ4v) is 2.55. The zero-order valence-electron chi connectivity index (χ0n) is 11.1. The average molecular weight is 271 g/mol. The number of nitrogens with one attached hydrogen (secondary N) is 1. The quantitative estimate of drug-likeness (QED) is 0.550. The Hall–Kier alpha value is -0.580. The van der Waals surface area contributed by atoms with Gasteiger partial charge in [-0.3, -0.25) is 0 Å². The smallest absolute Gasteiger partial charge is 0.136 e. The summed E-state index contributed by atoms with van der Waals surface area (Å²) in [5.74, 6) is 0.672. The van der Waals surface area contributed by atoms with Crippen LogP contribution in [-0.4, -0.2) is 31.6 Å². The van der Waals surface area contributed by atoms with Crippen LogP contribution in [0, 0.1) is 5.82 Å². The van der Waals surface area contributed by atoms with Crippen LogP contribution in [0.2, 0.25) is 0 Å². The Bertz CT molecular complexity index is 335. The SMILES string of the molecule is CCCOCC(CSc1ccccc1F)NCC. The summed E-state index contributed by atoms with van der Waals surface area (Å²) in [5, 5.41) is 3.36. The summed E-state index contributed by atoms with van der Waals surface area (Å²) in [6.07, 6.45) is 1.03. The van der Waals surface area contributed by atoms with Crippen molar-refractivity contribution in [3.63, 3.8) is 0 Å². The fourth-order valence-electron chi connectivity index (χ4n) is 1.58. The lowest BCUT2D eigenvalue weighted by Crippen LogP contribution is -2.35. The molecular formula is C14H22FNOS. The van der Waals surface area contributed by atoms with E-state index in [1.165, 1.54) is 17.8 Å². The van der Waals surface area contributed by atoms with E-state index in [0.717, 1.165) is 25.3 Å². The van der Waals surface area contributed by atoms with Gasteiger partial charge in [0.15, 0.2) is 0 Å². The molecule has 1 aromatic rings. The second kappa shape index (κ2) is 9.36. The summed E-state index contributed by atoms with van der Waals surface area (Å²) >= 11 is 1.54. The first-order chi connectivity index (χ1) is 8.77. The zero-order chi connectivity index (χ0) is 13.2. The summed E-state index contributed by atoms with van der Waals surface area (Å²) in [6, 6.07) is 7.16. The van der Waals surface area contributed by atoms with Crippen LogP contribution in [0.25, 0.3) is 0 Å². The minimum absolute atomic E-state index is 0.146. The van der Waals surface area contributed by atoms with Crippen LogP contribution in [0.5, 0.6) is 0 Å². The van der Waals surface area contributed by atoms with Gasteiger partial charge < -0.3 is 10.1 Å². The fraction of sp³-hybridized carbons (Fsp3) is 0.571. The lowest BCUT2D eigenvalue weighted by molar-refractivity contribution is 0.117. The van der Waals surface area contributed by atoms with Gasteiger partial charge in [-0.05, 0) is 25.1 Å². The molecule has 0 amide bonds. The van der Waals surface area contributed by atoms with Gasteiger partial charge >= 0.3 is 0 Å². The van der Waals surface area contributed by atoms with Crippen LogP contribution >= 0.6 is 11.8 Å². The molecule has 1 aromatic carbocycles. The van der Waals surface area contributed by atoms with Gasteiger partial charge in [-0.2, -0.15) is 0 Å². The van der Waals surface area contributed by atoms with Crippen LogP contribution in [0.15, 0.2) is 29.2 Å². The van der Waals surface area contributed by atoms with Crippen molar-refractivity contribution in [3.8, 4) is 0 Å². The Labute approximate surface area is 113 Å². The first-order valence-electron chi connectivity index (χ1n) is 6.46. The first-order valence-corrected chi connectivity index (χ1v) is 7.45. The van der Waals surface area contributed by atoms with Crippen molar-refractivity contribution in [1.29, 1.82) is 0 Å². The molecule has 2 nitrogen and oxygen atoms in total. The van der Waals surface area contributed by atoms with Crippen molar-refractivity contribution in [1.82, 2.24) is 5.32 Å². The molecule has 0 saturated heterocycles. The van der Waals surface area contributed by atoms with E-state index in [-0.39, 0.29) is 11.9 Å². The highest BCUT2D eigenvalue weighted by molar-refractivity contribution is 7.99. The molecule has 1 unspecified atom stereocenters. The van der Waals surface area contributed by atoms with Crippen LogP contribution in [0.1, 0.15) is 20.3 Å².